The van der Waals surface area contributed by atoms with Gasteiger partial charge < -0.3 is 15.0 Å². The highest BCUT2D eigenvalue weighted by molar-refractivity contribution is 7.99. The molecule has 3 rings (SSSR count). The standard InChI is InChI=1S/C19H19N3O3S/c1-12(2)25-18(24)13-7-9-14(10-8-13)20-17(23)11-26-19-21-15-5-3-4-6-16(15)22-19/h3-10,12H,11H2,1-2H3,(H,20,23)(H,21,22). The van der Waals surface area contributed by atoms with Gasteiger partial charge in [0.15, 0.2) is 5.16 Å². The fourth-order valence-corrected chi connectivity index (χ4v) is 2.99. The number of benzene rings is 2. The zero-order chi connectivity index (χ0) is 18.5. The number of imidazole rings is 1. The molecule has 0 radical (unpaired) electrons. The lowest BCUT2D eigenvalue weighted by Crippen LogP contribution is -2.15. The van der Waals surface area contributed by atoms with Crippen LogP contribution in [0.3, 0.4) is 0 Å². The Hall–Kier alpha value is -2.80. The average Bonchev–Trinajstić information content (AvgIpc) is 3.03. The van der Waals surface area contributed by atoms with Gasteiger partial charge in [-0.1, -0.05) is 23.9 Å². The summed E-state index contributed by atoms with van der Waals surface area (Å²) in [4.78, 5) is 31.5. The lowest BCUT2D eigenvalue weighted by atomic mass is 10.2. The minimum atomic E-state index is -0.377. The fraction of sp³-hybridized carbons (Fsp3) is 0.211. The van der Waals surface area contributed by atoms with E-state index in [4.69, 9.17) is 4.74 Å². The van der Waals surface area contributed by atoms with Crippen LogP contribution in [0, 0.1) is 0 Å². The third-order valence-electron chi connectivity index (χ3n) is 3.45. The van der Waals surface area contributed by atoms with Crippen LogP contribution >= 0.6 is 11.8 Å². The Bertz CT molecular complexity index is 886. The molecule has 0 fully saturated rings. The van der Waals surface area contributed by atoms with E-state index in [1.165, 1.54) is 11.8 Å². The van der Waals surface area contributed by atoms with Gasteiger partial charge in [0.1, 0.15) is 0 Å². The largest absolute Gasteiger partial charge is 0.459 e. The molecular formula is C19H19N3O3S. The number of anilines is 1. The Labute approximate surface area is 155 Å². The first-order chi connectivity index (χ1) is 12.5. The van der Waals surface area contributed by atoms with Crippen LogP contribution in [0.5, 0.6) is 0 Å². The number of ether oxygens (including phenoxy) is 1. The summed E-state index contributed by atoms with van der Waals surface area (Å²) >= 11 is 1.34. The predicted octanol–water partition coefficient (Wildman–Crippen LogP) is 3.86. The number of rotatable bonds is 6. The number of nitrogens with one attached hydrogen (secondary N) is 2. The number of H-pyrrole nitrogens is 1. The molecule has 0 aliphatic carbocycles. The first-order valence-corrected chi connectivity index (χ1v) is 9.18. The Balaban J connectivity index is 1.53. The Morgan fingerprint density at radius 2 is 1.88 bits per heavy atom. The van der Waals surface area contributed by atoms with Crippen molar-refractivity contribution in [1.82, 2.24) is 9.97 Å². The van der Waals surface area contributed by atoms with E-state index in [1.54, 1.807) is 38.1 Å². The lowest BCUT2D eigenvalue weighted by molar-refractivity contribution is -0.113. The number of hydrogen-bond acceptors (Lipinski definition) is 5. The van der Waals surface area contributed by atoms with Crippen molar-refractivity contribution in [3.63, 3.8) is 0 Å². The summed E-state index contributed by atoms with van der Waals surface area (Å²) in [6.45, 7) is 3.60. The third-order valence-corrected chi connectivity index (χ3v) is 4.33. The molecule has 26 heavy (non-hydrogen) atoms. The molecule has 0 spiro atoms. The monoisotopic (exact) mass is 369 g/mol. The molecule has 7 heteroatoms. The number of thioether (sulfide) groups is 1. The van der Waals surface area contributed by atoms with Crippen LogP contribution in [0.4, 0.5) is 5.69 Å². The Kier molecular flexibility index (Phi) is 5.58. The Morgan fingerprint density at radius 1 is 1.15 bits per heavy atom. The van der Waals surface area contributed by atoms with Gasteiger partial charge in [-0.15, -0.1) is 0 Å². The smallest absolute Gasteiger partial charge is 0.338 e. The van der Waals surface area contributed by atoms with Gasteiger partial charge in [0.05, 0.1) is 28.5 Å². The number of aromatic amines is 1. The normalized spacial score (nSPS) is 10.9. The number of para-hydroxylation sites is 2. The molecule has 0 aliphatic heterocycles. The molecule has 1 aromatic heterocycles. The molecule has 1 amide bonds. The first-order valence-electron chi connectivity index (χ1n) is 8.20. The maximum Gasteiger partial charge on any atom is 0.338 e. The number of amides is 1. The van der Waals surface area contributed by atoms with Crippen molar-refractivity contribution in [2.75, 3.05) is 11.1 Å². The van der Waals surface area contributed by atoms with E-state index in [0.717, 1.165) is 11.0 Å². The van der Waals surface area contributed by atoms with Gasteiger partial charge >= 0.3 is 5.97 Å². The van der Waals surface area contributed by atoms with Crippen LogP contribution in [0.15, 0.2) is 53.7 Å². The second-order valence-electron chi connectivity index (χ2n) is 5.93. The topological polar surface area (TPSA) is 84.1 Å². The first kappa shape index (κ1) is 18.0. The summed E-state index contributed by atoms with van der Waals surface area (Å²) < 4.78 is 5.13. The number of carbonyl (C=O) groups excluding carboxylic acids is 2. The van der Waals surface area contributed by atoms with Crippen LogP contribution in [-0.4, -0.2) is 33.7 Å². The molecule has 0 atom stereocenters. The molecule has 2 N–H and O–H groups in total. The van der Waals surface area contributed by atoms with E-state index in [-0.39, 0.29) is 23.7 Å². The molecule has 2 aromatic carbocycles. The van der Waals surface area contributed by atoms with Crippen LogP contribution in [-0.2, 0) is 9.53 Å². The molecule has 0 bridgehead atoms. The van der Waals surface area contributed by atoms with E-state index in [9.17, 15) is 9.59 Å². The zero-order valence-corrected chi connectivity index (χ0v) is 15.3. The van der Waals surface area contributed by atoms with Gasteiger partial charge in [0.25, 0.3) is 0 Å². The highest BCUT2D eigenvalue weighted by atomic mass is 32.2. The van der Waals surface area contributed by atoms with Gasteiger partial charge in [-0.05, 0) is 50.2 Å². The molecule has 0 unspecified atom stereocenters. The van der Waals surface area contributed by atoms with E-state index in [0.29, 0.717) is 16.4 Å². The Morgan fingerprint density at radius 3 is 2.58 bits per heavy atom. The number of esters is 1. The van der Waals surface area contributed by atoms with E-state index < -0.39 is 0 Å². The summed E-state index contributed by atoms with van der Waals surface area (Å²) in [5.41, 5.74) is 2.90. The molecule has 0 saturated heterocycles. The summed E-state index contributed by atoms with van der Waals surface area (Å²) in [5, 5.41) is 3.50. The average molecular weight is 369 g/mol. The van der Waals surface area contributed by atoms with Gasteiger partial charge in [-0.25, -0.2) is 9.78 Å². The zero-order valence-electron chi connectivity index (χ0n) is 14.5. The number of nitrogens with zero attached hydrogens (tertiary/aromatic N) is 1. The summed E-state index contributed by atoms with van der Waals surface area (Å²) in [5.74, 6) is -0.289. The minimum absolute atomic E-state index is 0.145. The fourth-order valence-electron chi connectivity index (χ4n) is 2.30. The second-order valence-corrected chi connectivity index (χ2v) is 6.89. The highest BCUT2D eigenvalue weighted by Gasteiger charge is 2.10. The molecule has 0 aliphatic rings. The number of hydrogen-bond donors (Lipinski definition) is 2. The van der Waals surface area contributed by atoms with Crippen LogP contribution in [0.1, 0.15) is 24.2 Å². The van der Waals surface area contributed by atoms with Crippen LogP contribution < -0.4 is 5.32 Å². The molecule has 6 nitrogen and oxygen atoms in total. The predicted molar refractivity (Wildman–Crippen MR) is 102 cm³/mol. The molecule has 1 heterocycles. The van der Waals surface area contributed by atoms with Gasteiger partial charge in [-0.3, -0.25) is 4.79 Å². The van der Waals surface area contributed by atoms with Gasteiger partial charge in [-0.2, -0.15) is 0 Å². The number of carbonyl (C=O) groups is 2. The molecule has 3 aromatic rings. The summed E-state index contributed by atoms with van der Waals surface area (Å²) in [6, 6.07) is 14.3. The molecule has 0 saturated carbocycles. The number of aromatic nitrogens is 2. The van der Waals surface area contributed by atoms with Crippen molar-refractivity contribution in [3.8, 4) is 0 Å². The van der Waals surface area contributed by atoms with Crippen molar-refractivity contribution in [2.24, 2.45) is 0 Å². The number of fused-ring (bicyclic) bond motifs is 1. The lowest BCUT2D eigenvalue weighted by Gasteiger charge is -2.09. The second kappa shape index (κ2) is 8.05. The van der Waals surface area contributed by atoms with E-state index in [2.05, 4.69) is 15.3 Å². The van der Waals surface area contributed by atoms with E-state index >= 15 is 0 Å². The van der Waals surface area contributed by atoms with Crippen molar-refractivity contribution in [1.29, 1.82) is 0 Å². The van der Waals surface area contributed by atoms with E-state index in [1.807, 2.05) is 24.3 Å². The maximum absolute atomic E-state index is 12.1. The minimum Gasteiger partial charge on any atom is -0.459 e. The van der Waals surface area contributed by atoms with Gasteiger partial charge in [0.2, 0.25) is 5.91 Å². The maximum atomic E-state index is 12.1. The third kappa shape index (κ3) is 4.64. The van der Waals surface area contributed by atoms with Crippen LogP contribution in [0.25, 0.3) is 11.0 Å². The van der Waals surface area contributed by atoms with Crippen molar-refractivity contribution < 1.29 is 14.3 Å². The molecular weight excluding hydrogens is 350 g/mol. The summed E-state index contributed by atoms with van der Waals surface area (Å²) in [7, 11) is 0. The van der Waals surface area contributed by atoms with Crippen molar-refractivity contribution >= 4 is 40.4 Å². The molecule has 134 valence electrons. The SMILES string of the molecule is CC(C)OC(=O)c1ccc(NC(=O)CSc2nc3ccccc3[nH]2)cc1. The van der Waals surface area contributed by atoms with Gasteiger partial charge in [0, 0.05) is 5.69 Å². The van der Waals surface area contributed by atoms with Crippen molar-refractivity contribution in [2.45, 2.75) is 25.1 Å². The van der Waals surface area contributed by atoms with Crippen molar-refractivity contribution in [3.05, 3.63) is 54.1 Å². The quantitative estimate of drug-likeness (QED) is 0.509. The van der Waals surface area contributed by atoms with Crippen LogP contribution in [0.2, 0.25) is 0 Å². The highest BCUT2D eigenvalue weighted by Crippen LogP contribution is 2.19. The summed E-state index contributed by atoms with van der Waals surface area (Å²) in [6.07, 6.45) is -0.169.